The zero-order valence-electron chi connectivity index (χ0n) is 11.5. The van der Waals surface area contributed by atoms with Gasteiger partial charge in [-0.2, -0.15) is 0 Å². The van der Waals surface area contributed by atoms with Gasteiger partial charge in [0.1, 0.15) is 0 Å². The molecule has 18 heavy (non-hydrogen) atoms. The summed E-state index contributed by atoms with van der Waals surface area (Å²) in [5.74, 6) is 0. The fourth-order valence-electron chi connectivity index (χ4n) is 1.82. The monoisotopic (exact) mass is 252 g/mol. The van der Waals surface area contributed by atoms with Gasteiger partial charge < -0.3 is 15.1 Å². The van der Waals surface area contributed by atoms with Crippen molar-refractivity contribution in [3.8, 4) is 0 Å². The van der Waals surface area contributed by atoms with Gasteiger partial charge in [-0.25, -0.2) is 0 Å². The van der Waals surface area contributed by atoms with Crippen molar-refractivity contribution in [2.24, 2.45) is 0 Å². The smallest absolute Gasteiger partial charge is 0.0897 e. The van der Waals surface area contributed by atoms with Gasteiger partial charge in [0.05, 0.1) is 12.7 Å². The fourth-order valence-corrected chi connectivity index (χ4v) is 1.82. The maximum absolute atomic E-state index is 9.46. The molecule has 0 fully saturated rings. The van der Waals surface area contributed by atoms with Crippen LogP contribution in [0.2, 0.25) is 0 Å². The van der Waals surface area contributed by atoms with Gasteiger partial charge in [0.15, 0.2) is 0 Å². The Morgan fingerprint density at radius 1 is 1.17 bits per heavy atom. The Morgan fingerprint density at radius 2 is 1.78 bits per heavy atom. The minimum absolute atomic E-state index is 0.184. The molecular formula is C14H24N2O2. The lowest BCUT2D eigenvalue weighted by molar-refractivity contribution is 0.0584. The van der Waals surface area contributed by atoms with E-state index in [1.165, 1.54) is 11.3 Å². The van der Waals surface area contributed by atoms with Gasteiger partial charge in [-0.05, 0) is 24.2 Å². The summed E-state index contributed by atoms with van der Waals surface area (Å²) in [6, 6.07) is 8.38. The van der Waals surface area contributed by atoms with E-state index in [1.807, 2.05) is 14.1 Å². The Morgan fingerprint density at radius 3 is 2.22 bits per heavy atom. The summed E-state index contributed by atoms with van der Waals surface area (Å²) in [5, 5.41) is 18.3. The molecule has 4 nitrogen and oxygen atoms in total. The average molecular weight is 252 g/mol. The quantitative estimate of drug-likeness (QED) is 0.758. The molecule has 1 rings (SSSR count). The number of hydrogen-bond donors (Lipinski definition) is 2. The number of likely N-dealkylation sites (N-methyl/N-ethyl adjacent to an activating group) is 1. The highest BCUT2D eigenvalue weighted by Gasteiger charge is 2.09. The number of hydrogen-bond acceptors (Lipinski definition) is 4. The van der Waals surface area contributed by atoms with Crippen LogP contribution in [-0.2, 0) is 6.54 Å². The molecule has 1 atom stereocenters. The second-order valence-electron chi connectivity index (χ2n) is 4.73. The third-order valence-corrected chi connectivity index (χ3v) is 2.99. The minimum atomic E-state index is -0.661. The molecule has 0 bridgehead atoms. The summed E-state index contributed by atoms with van der Waals surface area (Å²) < 4.78 is 0. The lowest BCUT2D eigenvalue weighted by atomic mass is 10.2. The minimum Gasteiger partial charge on any atom is -0.394 e. The highest BCUT2D eigenvalue weighted by Crippen LogP contribution is 2.13. The third kappa shape index (κ3) is 4.64. The van der Waals surface area contributed by atoms with Crippen LogP contribution in [-0.4, -0.2) is 55.0 Å². The molecule has 0 amide bonds. The molecule has 1 aromatic rings. The van der Waals surface area contributed by atoms with Crippen LogP contribution in [0.25, 0.3) is 0 Å². The molecule has 0 aliphatic carbocycles. The van der Waals surface area contributed by atoms with Crippen molar-refractivity contribution < 1.29 is 10.2 Å². The summed E-state index contributed by atoms with van der Waals surface area (Å²) in [6.45, 7) is 4.02. The molecule has 2 N–H and O–H groups in total. The first kappa shape index (κ1) is 15.0. The van der Waals surface area contributed by atoms with Crippen LogP contribution in [0, 0.1) is 0 Å². The van der Waals surface area contributed by atoms with E-state index < -0.39 is 6.10 Å². The Balaban J connectivity index is 2.59. The number of aliphatic hydroxyl groups is 2. The Kier molecular flexibility index (Phi) is 6.12. The molecule has 102 valence electrons. The molecule has 0 radical (unpaired) electrons. The summed E-state index contributed by atoms with van der Waals surface area (Å²) in [5.41, 5.74) is 2.39. The molecular weight excluding hydrogens is 228 g/mol. The second kappa shape index (κ2) is 7.36. The molecule has 0 spiro atoms. The molecule has 1 aromatic carbocycles. The molecule has 4 heteroatoms. The zero-order valence-corrected chi connectivity index (χ0v) is 11.5. The predicted molar refractivity (Wildman–Crippen MR) is 74.8 cm³/mol. The molecule has 0 aliphatic heterocycles. The molecule has 0 heterocycles. The summed E-state index contributed by atoms with van der Waals surface area (Å²) in [4.78, 5) is 4.18. The molecule has 0 unspecified atom stereocenters. The maximum atomic E-state index is 9.46. The largest absolute Gasteiger partial charge is 0.394 e. The zero-order chi connectivity index (χ0) is 13.5. The topological polar surface area (TPSA) is 46.9 Å². The van der Waals surface area contributed by atoms with Gasteiger partial charge in [0, 0.05) is 32.9 Å². The van der Waals surface area contributed by atoms with Crippen LogP contribution in [0.3, 0.4) is 0 Å². The van der Waals surface area contributed by atoms with Gasteiger partial charge in [-0.15, -0.1) is 0 Å². The number of benzene rings is 1. The van der Waals surface area contributed by atoms with Crippen molar-refractivity contribution in [1.29, 1.82) is 0 Å². The summed E-state index contributed by atoms with van der Waals surface area (Å²) in [7, 11) is 4.04. The van der Waals surface area contributed by atoms with Crippen molar-refractivity contribution in [2.75, 3.05) is 38.7 Å². The molecule has 0 aliphatic rings. The normalized spacial score (nSPS) is 12.8. The van der Waals surface area contributed by atoms with E-state index in [4.69, 9.17) is 5.11 Å². The van der Waals surface area contributed by atoms with E-state index in [0.29, 0.717) is 6.54 Å². The molecule has 0 saturated heterocycles. The van der Waals surface area contributed by atoms with Gasteiger partial charge >= 0.3 is 0 Å². The number of nitrogens with zero attached hydrogens (tertiary/aromatic N) is 2. The van der Waals surface area contributed by atoms with E-state index >= 15 is 0 Å². The maximum Gasteiger partial charge on any atom is 0.0897 e. The van der Waals surface area contributed by atoms with E-state index in [0.717, 1.165) is 13.1 Å². The number of rotatable bonds is 7. The highest BCUT2D eigenvalue weighted by molar-refractivity contribution is 5.45. The number of aliphatic hydroxyl groups excluding tert-OH is 2. The fraction of sp³-hybridized carbons (Fsp3) is 0.571. The molecule has 0 aromatic heterocycles. The Hall–Kier alpha value is -1.10. The van der Waals surface area contributed by atoms with Crippen molar-refractivity contribution in [3.05, 3.63) is 29.8 Å². The van der Waals surface area contributed by atoms with Gasteiger partial charge in [-0.1, -0.05) is 19.1 Å². The average Bonchev–Trinajstić information content (AvgIpc) is 2.38. The van der Waals surface area contributed by atoms with Gasteiger partial charge in [-0.3, -0.25) is 4.90 Å². The predicted octanol–water partition coefficient (Wildman–Crippen LogP) is 0.928. The molecule has 0 saturated carbocycles. The van der Waals surface area contributed by atoms with Crippen LogP contribution < -0.4 is 4.90 Å². The van der Waals surface area contributed by atoms with Crippen LogP contribution in [0.1, 0.15) is 12.5 Å². The third-order valence-electron chi connectivity index (χ3n) is 2.99. The van der Waals surface area contributed by atoms with Crippen molar-refractivity contribution >= 4 is 5.69 Å². The van der Waals surface area contributed by atoms with E-state index in [-0.39, 0.29) is 6.61 Å². The van der Waals surface area contributed by atoms with Crippen LogP contribution in [0.15, 0.2) is 24.3 Å². The van der Waals surface area contributed by atoms with Crippen molar-refractivity contribution in [3.63, 3.8) is 0 Å². The summed E-state index contributed by atoms with van der Waals surface area (Å²) >= 11 is 0. The Bertz CT molecular complexity index is 338. The van der Waals surface area contributed by atoms with Gasteiger partial charge in [0.2, 0.25) is 0 Å². The lowest BCUT2D eigenvalue weighted by Gasteiger charge is -2.23. The van der Waals surface area contributed by atoms with E-state index in [1.54, 1.807) is 0 Å². The van der Waals surface area contributed by atoms with Crippen LogP contribution >= 0.6 is 0 Å². The van der Waals surface area contributed by atoms with Crippen molar-refractivity contribution in [2.45, 2.75) is 19.6 Å². The van der Waals surface area contributed by atoms with Crippen molar-refractivity contribution in [1.82, 2.24) is 4.90 Å². The first-order valence-corrected chi connectivity index (χ1v) is 6.34. The lowest BCUT2D eigenvalue weighted by Crippen LogP contribution is -2.33. The first-order chi connectivity index (χ1) is 8.56. The van der Waals surface area contributed by atoms with Gasteiger partial charge in [0.25, 0.3) is 0 Å². The second-order valence-corrected chi connectivity index (χ2v) is 4.73. The summed E-state index contributed by atoms with van der Waals surface area (Å²) in [6.07, 6.45) is -0.661. The highest BCUT2D eigenvalue weighted by atomic mass is 16.3. The first-order valence-electron chi connectivity index (χ1n) is 6.34. The Labute approximate surface area is 109 Å². The van der Waals surface area contributed by atoms with E-state index in [9.17, 15) is 5.11 Å². The van der Waals surface area contributed by atoms with Crippen LogP contribution in [0.4, 0.5) is 5.69 Å². The number of anilines is 1. The standard InChI is InChI=1S/C14H24N2O2/c1-4-16(10-14(18)11-17)9-12-5-7-13(8-6-12)15(2)3/h5-8,14,17-18H,4,9-11H2,1-3H3/t14-/m0/s1. The SMILES string of the molecule is CCN(Cc1ccc(N(C)C)cc1)C[C@H](O)CO. The van der Waals surface area contributed by atoms with E-state index in [2.05, 4.69) is 41.0 Å². The van der Waals surface area contributed by atoms with Crippen LogP contribution in [0.5, 0.6) is 0 Å².